The highest BCUT2D eigenvalue weighted by Crippen LogP contribution is 2.24. The molecule has 0 bridgehead atoms. The standard InChI is InChI=1S/C17H31N3O2/c1-18(2)17(22)15-10-7-11-20(15)13-16(21)19(3)12-14-8-5-4-6-9-14/h14-15H,4-13H2,1-3H3. The molecule has 0 aromatic rings. The Morgan fingerprint density at radius 2 is 1.68 bits per heavy atom. The lowest BCUT2D eigenvalue weighted by atomic mass is 9.89. The Bertz CT molecular complexity index is 391. The van der Waals surface area contributed by atoms with E-state index in [2.05, 4.69) is 4.90 Å². The second kappa shape index (κ2) is 7.95. The summed E-state index contributed by atoms with van der Waals surface area (Å²) in [5.74, 6) is 0.949. The predicted octanol–water partition coefficient (Wildman–Crippen LogP) is 1.58. The van der Waals surface area contributed by atoms with Gasteiger partial charge in [0.25, 0.3) is 0 Å². The van der Waals surface area contributed by atoms with Gasteiger partial charge < -0.3 is 9.80 Å². The molecule has 2 amide bonds. The first kappa shape index (κ1) is 17.3. The van der Waals surface area contributed by atoms with Crippen molar-refractivity contribution in [1.82, 2.24) is 14.7 Å². The Morgan fingerprint density at radius 3 is 2.32 bits per heavy atom. The van der Waals surface area contributed by atoms with Crippen molar-refractivity contribution in [1.29, 1.82) is 0 Å². The van der Waals surface area contributed by atoms with Crippen LogP contribution in [0.25, 0.3) is 0 Å². The van der Waals surface area contributed by atoms with Gasteiger partial charge in [0.15, 0.2) is 0 Å². The van der Waals surface area contributed by atoms with Gasteiger partial charge in [-0.1, -0.05) is 19.3 Å². The van der Waals surface area contributed by atoms with Crippen molar-refractivity contribution in [3.63, 3.8) is 0 Å². The lowest BCUT2D eigenvalue weighted by molar-refractivity contribution is -0.136. The van der Waals surface area contributed by atoms with Crippen LogP contribution >= 0.6 is 0 Å². The molecule has 1 saturated carbocycles. The van der Waals surface area contributed by atoms with Crippen LogP contribution < -0.4 is 0 Å². The van der Waals surface area contributed by atoms with Crippen molar-refractivity contribution in [2.45, 2.75) is 51.0 Å². The summed E-state index contributed by atoms with van der Waals surface area (Å²) in [7, 11) is 5.49. The molecular formula is C17H31N3O2. The van der Waals surface area contributed by atoms with Crippen molar-refractivity contribution in [3.8, 4) is 0 Å². The maximum absolute atomic E-state index is 12.5. The second-order valence-electron chi connectivity index (χ2n) is 7.14. The van der Waals surface area contributed by atoms with Crippen LogP contribution in [0.2, 0.25) is 0 Å². The van der Waals surface area contributed by atoms with Crippen molar-refractivity contribution in [2.75, 3.05) is 40.8 Å². The molecule has 1 aliphatic heterocycles. The number of carbonyl (C=O) groups excluding carboxylic acids is 2. The number of carbonyl (C=O) groups is 2. The van der Waals surface area contributed by atoms with Gasteiger partial charge in [-0.05, 0) is 38.1 Å². The number of rotatable bonds is 5. The maximum Gasteiger partial charge on any atom is 0.239 e. The fourth-order valence-corrected chi connectivity index (χ4v) is 3.75. The van der Waals surface area contributed by atoms with E-state index in [1.165, 1.54) is 32.1 Å². The molecule has 1 aliphatic carbocycles. The van der Waals surface area contributed by atoms with E-state index in [9.17, 15) is 9.59 Å². The third-order valence-electron chi connectivity index (χ3n) is 5.11. The first-order valence-electron chi connectivity index (χ1n) is 8.68. The number of amides is 2. The molecule has 5 heteroatoms. The van der Waals surface area contributed by atoms with Crippen molar-refractivity contribution >= 4 is 11.8 Å². The SMILES string of the molecule is CN(C)C(=O)C1CCCN1CC(=O)N(C)CC1CCCCC1. The fourth-order valence-electron chi connectivity index (χ4n) is 3.75. The van der Waals surface area contributed by atoms with E-state index in [0.717, 1.165) is 25.9 Å². The van der Waals surface area contributed by atoms with Gasteiger partial charge in [-0.3, -0.25) is 14.5 Å². The molecule has 1 heterocycles. The molecule has 1 unspecified atom stereocenters. The van der Waals surface area contributed by atoms with E-state index >= 15 is 0 Å². The molecule has 0 N–H and O–H groups in total. The van der Waals surface area contributed by atoms with Gasteiger partial charge in [0.1, 0.15) is 0 Å². The molecule has 0 radical (unpaired) electrons. The molecule has 0 spiro atoms. The molecular weight excluding hydrogens is 278 g/mol. The Balaban J connectivity index is 1.83. The molecule has 126 valence electrons. The highest BCUT2D eigenvalue weighted by atomic mass is 16.2. The number of nitrogens with zero attached hydrogens (tertiary/aromatic N) is 3. The summed E-state index contributed by atoms with van der Waals surface area (Å²) < 4.78 is 0. The normalized spacial score (nSPS) is 23.5. The molecule has 1 saturated heterocycles. The van der Waals surface area contributed by atoms with E-state index in [4.69, 9.17) is 0 Å². The van der Waals surface area contributed by atoms with Crippen LogP contribution in [0.3, 0.4) is 0 Å². The minimum Gasteiger partial charge on any atom is -0.347 e. The van der Waals surface area contributed by atoms with Crippen LogP contribution in [0.5, 0.6) is 0 Å². The van der Waals surface area contributed by atoms with Gasteiger partial charge >= 0.3 is 0 Å². The van der Waals surface area contributed by atoms with Gasteiger partial charge in [0, 0.05) is 27.7 Å². The van der Waals surface area contributed by atoms with E-state index in [1.807, 2.05) is 11.9 Å². The third-order valence-corrected chi connectivity index (χ3v) is 5.11. The van der Waals surface area contributed by atoms with Crippen LogP contribution in [0.4, 0.5) is 0 Å². The summed E-state index contributed by atoms with van der Waals surface area (Å²) in [6.07, 6.45) is 8.33. The molecule has 0 aromatic carbocycles. The van der Waals surface area contributed by atoms with Crippen LogP contribution in [0, 0.1) is 5.92 Å². The summed E-state index contributed by atoms with van der Waals surface area (Å²) in [4.78, 5) is 30.2. The fraction of sp³-hybridized carbons (Fsp3) is 0.882. The molecule has 2 fully saturated rings. The van der Waals surface area contributed by atoms with Crippen LogP contribution in [-0.4, -0.2) is 73.3 Å². The number of likely N-dealkylation sites (tertiary alicyclic amines) is 1. The van der Waals surface area contributed by atoms with Crippen LogP contribution in [-0.2, 0) is 9.59 Å². The Labute approximate surface area is 134 Å². The third kappa shape index (κ3) is 4.45. The molecule has 0 aromatic heterocycles. The van der Waals surface area contributed by atoms with Gasteiger partial charge in [0.05, 0.1) is 12.6 Å². The predicted molar refractivity (Wildman–Crippen MR) is 87.5 cm³/mol. The number of hydrogen-bond donors (Lipinski definition) is 0. The maximum atomic E-state index is 12.5. The zero-order valence-corrected chi connectivity index (χ0v) is 14.4. The second-order valence-corrected chi connectivity index (χ2v) is 7.14. The summed E-state index contributed by atoms with van der Waals surface area (Å²) in [5.41, 5.74) is 0. The average molecular weight is 309 g/mol. The Kier molecular flexibility index (Phi) is 6.24. The zero-order chi connectivity index (χ0) is 16.1. The Morgan fingerprint density at radius 1 is 1.00 bits per heavy atom. The zero-order valence-electron chi connectivity index (χ0n) is 14.4. The average Bonchev–Trinajstić information content (AvgIpc) is 2.95. The Hall–Kier alpha value is -1.10. The first-order chi connectivity index (χ1) is 10.5. The molecule has 2 aliphatic rings. The highest BCUT2D eigenvalue weighted by molar-refractivity contribution is 5.83. The minimum absolute atomic E-state index is 0.109. The minimum atomic E-state index is -0.109. The highest BCUT2D eigenvalue weighted by Gasteiger charge is 2.33. The smallest absolute Gasteiger partial charge is 0.239 e. The van der Waals surface area contributed by atoms with E-state index in [-0.39, 0.29) is 17.9 Å². The first-order valence-corrected chi connectivity index (χ1v) is 8.68. The van der Waals surface area contributed by atoms with Crippen LogP contribution in [0.1, 0.15) is 44.9 Å². The summed E-state index contributed by atoms with van der Waals surface area (Å²) in [5, 5.41) is 0. The molecule has 2 rings (SSSR count). The largest absolute Gasteiger partial charge is 0.347 e. The summed E-state index contributed by atoms with van der Waals surface area (Å²) in [6, 6.07) is -0.109. The lowest BCUT2D eigenvalue weighted by Crippen LogP contribution is -2.47. The van der Waals surface area contributed by atoms with Gasteiger partial charge in [-0.25, -0.2) is 0 Å². The van der Waals surface area contributed by atoms with Gasteiger partial charge in [-0.2, -0.15) is 0 Å². The van der Waals surface area contributed by atoms with E-state index < -0.39 is 0 Å². The molecule has 22 heavy (non-hydrogen) atoms. The van der Waals surface area contributed by atoms with Crippen molar-refractivity contribution in [2.24, 2.45) is 5.92 Å². The summed E-state index contributed by atoms with van der Waals surface area (Å²) in [6.45, 7) is 2.11. The van der Waals surface area contributed by atoms with Crippen LogP contribution in [0.15, 0.2) is 0 Å². The van der Waals surface area contributed by atoms with E-state index in [0.29, 0.717) is 12.5 Å². The quantitative estimate of drug-likeness (QED) is 0.774. The lowest BCUT2D eigenvalue weighted by Gasteiger charge is -2.30. The topological polar surface area (TPSA) is 43.9 Å². The number of likely N-dealkylation sites (N-methyl/N-ethyl adjacent to an activating group) is 2. The summed E-state index contributed by atoms with van der Waals surface area (Å²) >= 11 is 0. The van der Waals surface area contributed by atoms with Gasteiger partial charge in [0.2, 0.25) is 11.8 Å². The van der Waals surface area contributed by atoms with E-state index in [1.54, 1.807) is 19.0 Å². The monoisotopic (exact) mass is 309 g/mol. The number of hydrogen-bond acceptors (Lipinski definition) is 3. The molecule has 1 atom stereocenters. The van der Waals surface area contributed by atoms with Crippen molar-refractivity contribution < 1.29 is 9.59 Å². The van der Waals surface area contributed by atoms with Gasteiger partial charge in [-0.15, -0.1) is 0 Å². The molecule has 5 nitrogen and oxygen atoms in total. The van der Waals surface area contributed by atoms with Crippen molar-refractivity contribution in [3.05, 3.63) is 0 Å².